The normalized spacial score (nSPS) is 10.9. The smallest absolute Gasteiger partial charge is 0.176 e. The number of hydrogen-bond donors (Lipinski definition) is 0. The summed E-state index contributed by atoms with van der Waals surface area (Å²) in [5, 5.41) is 4.19. The van der Waals surface area contributed by atoms with Crippen molar-refractivity contribution in [3.63, 3.8) is 0 Å². The Morgan fingerprint density at radius 2 is 1.78 bits per heavy atom. The van der Waals surface area contributed by atoms with Crippen LogP contribution in [0, 0.1) is 0 Å². The zero-order valence-electron chi connectivity index (χ0n) is 10.1. The molecule has 0 aliphatic heterocycles. The van der Waals surface area contributed by atoms with Crippen LogP contribution in [0.5, 0.6) is 0 Å². The molecule has 0 amide bonds. The molecule has 0 atom stereocenters. The monoisotopic (exact) mass is 242 g/mol. The molecule has 3 aromatic rings. The second-order valence-corrected chi connectivity index (χ2v) is 4.08. The van der Waals surface area contributed by atoms with Crippen molar-refractivity contribution in [1.29, 1.82) is 0 Å². The van der Waals surface area contributed by atoms with E-state index in [-0.39, 0.29) is 0 Å². The highest BCUT2D eigenvalue weighted by Gasteiger charge is 2.09. The highest BCUT2D eigenvalue weighted by Crippen LogP contribution is 2.14. The molecule has 0 spiro atoms. The van der Waals surface area contributed by atoms with Gasteiger partial charge in [0.2, 0.25) is 0 Å². The molecule has 6 heteroatoms. The second-order valence-electron chi connectivity index (χ2n) is 4.08. The van der Waals surface area contributed by atoms with Crippen LogP contribution in [0.15, 0.2) is 43.2 Å². The molecule has 0 saturated carbocycles. The zero-order valence-corrected chi connectivity index (χ0v) is 10.1. The summed E-state index contributed by atoms with van der Waals surface area (Å²) in [6.07, 6.45) is 11.2. The number of hydrogen-bond acceptors (Lipinski definition) is 3. The van der Waals surface area contributed by atoms with Gasteiger partial charge in [0.1, 0.15) is 0 Å². The number of aryl methyl sites for hydroxylation is 3. The Balaban J connectivity index is 1.82. The molecule has 0 aliphatic rings. The summed E-state index contributed by atoms with van der Waals surface area (Å²) < 4.78 is 5.96. The molecule has 6 nitrogen and oxygen atoms in total. The molecule has 92 valence electrons. The van der Waals surface area contributed by atoms with Gasteiger partial charge in [-0.25, -0.2) is 9.97 Å². The number of aromatic nitrogens is 6. The van der Waals surface area contributed by atoms with Crippen LogP contribution in [0.3, 0.4) is 0 Å². The molecule has 0 N–H and O–H groups in total. The molecule has 0 fully saturated rings. The Bertz CT molecular complexity index is 619. The van der Waals surface area contributed by atoms with Crippen molar-refractivity contribution >= 4 is 0 Å². The van der Waals surface area contributed by atoms with Gasteiger partial charge in [0.05, 0.1) is 6.54 Å². The van der Waals surface area contributed by atoms with Crippen molar-refractivity contribution in [2.24, 2.45) is 7.05 Å². The van der Waals surface area contributed by atoms with Crippen molar-refractivity contribution in [2.45, 2.75) is 13.1 Å². The predicted molar refractivity (Wildman–Crippen MR) is 66.7 cm³/mol. The topological polar surface area (TPSA) is 53.5 Å². The summed E-state index contributed by atoms with van der Waals surface area (Å²) in [5.41, 5.74) is 0. The summed E-state index contributed by atoms with van der Waals surface area (Å²) in [4.78, 5) is 8.69. The van der Waals surface area contributed by atoms with Crippen LogP contribution < -0.4 is 0 Å². The van der Waals surface area contributed by atoms with E-state index >= 15 is 0 Å². The average molecular weight is 242 g/mol. The highest BCUT2D eigenvalue weighted by atomic mass is 15.3. The van der Waals surface area contributed by atoms with Crippen LogP contribution in [0.1, 0.15) is 0 Å². The van der Waals surface area contributed by atoms with Gasteiger partial charge in [-0.1, -0.05) is 0 Å². The van der Waals surface area contributed by atoms with Gasteiger partial charge in [-0.3, -0.25) is 4.68 Å². The number of nitrogens with zero attached hydrogens (tertiary/aromatic N) is 6. The Morgan fingerprint density at radius 1 is 0.944 bits per heavy atom. The maximum atomic E-state index is 4.37. The summed E-state index contributed by atoms with van der Waals surface area (Å²) >= 11 is 0. The molecule has 0 radical (unpaired) electrons. The highest BCUT2D eigenvalue weighted by molar-refractivity contribution is 5.44. The minimum absolute atomic E-state index is 0.820. The van der Waals surface area contributed by atoms with Crippen molar-refractivity contribution in [3.05, 3.63) is 43.2 Å². The first kappa shape index (κ1) is 10.8. The zero-order chi connectivity index (χ0) is 12.4. The standard InChI is InChI=1S/C12H14N6/c1-16-7-4-13-11(16)12-14-5-8-17(12)9-10-18-6-2-3-15-18/h2-8H,9-10H2,1H3. The summed E-state index contributed by atoms with van der Waals surface area (Å²) in [7, 11) is 1.97. The fraction of sp³-hybridized carbons (Fsp3) is 0.250. The van der Waals surface area contributed by atoms with Crippen LogP contribution in [-0.4, -0.2) is 28.9 Å². The fourth-order valence-electron chi connectivity index (χ4n) is 1.92. The molecule has 0 saturated heterocycles. The van der Waals surface area contributed by atoms with Crippen LogP contribution in [0.4, 0.5) is 0 Å². The van der Waals surface area contributed by atoms with Gasteiger partial charge < -0.3 is 9.13 Å². The van der Waals surface area contributed by atoms with Crippen LogP contribution in [0.2, 0.25) is 0 Å². The SMILES string of the molecule is Cn1ccnc1-c1nccn1CCn1cccn1. The lowest BCUT2D eigenvalue weighted by atomic mass is 10.5. The molecular formula is C12H14N6. The van der Waals surface area contributed by atoms with E-state index in [9.17, 15) is 0 Å². The molecule has 0 bridgehead atoms. The Hall–Kier alpha value is -2.37. The van der Waals surface area contributed by atoms with E-state index in [2.05, 4.69) is 19.6 Å². The molecule has 0 unspecified atom stereocenters. The van der Waals surface area contributed by atoms with Crippen molar-refractivity contribution in [1.82, 2.24) is 28.9 Å². The second kappa shape index (κ2) is 4.48. The molecule has 0 aromatic carbocycles. The van der Waals surface area contributed by atoms with Gasteiger partial charge in [0.25, 0.3) is 0 Å². The third-order valence-corrected chi connectivity index (χ3v) is 2.87. The predicted octanol–water partition coefficient (Wildman–Crippen LogP) is 1.18. The van der Waals surface area contributed by atoms with Gasteiger partial charge in [-0.15, -0.1) is 0 Å². The third kappa shape index (κ3) is 1.92. The first-order valence-electron chi connectivity index (χ1n) is 5.81. The van der Waals surface area contributed by atoms with Gasteiger partial charge in [0, 0.05) is 50.8 Å². The Labute approximate surface area is 105 Å². The van der Waals surface area contributed by atoms with E-state index in [1.807, 2.05) is 41.0 Å². The summed E-state index contributed by atoms with van der Waals surface area (Å²) in [6.45, 7) is 1.64. The van der Waals surface area contributed by atoms with E-state index < -0.39 is 0 Å². The summed E-state index contributed by atoms with van der Waals surface area (Å²) in [5.74, 6) is 1.76. The minimum atomic E-state index is 0.820. The average Bonchev–Trinajstić information content (AvgIpc) is 3.06. The maximum absolute atomic E-state index is 4.37. The van der Waals surface area contributed by atoms with Gasteiger partial charge in [-0.05, 0) is 6.07 Å². The summed E-state index contributed by atoms with van der Waals surface area (Å²) in [6, 6.07) is 1.92. The number of rotatable bonds is 4. The number of imidazole rings is 2. The Kier molecular flexibility index (Phi) is 2.68. The van der Waals surface area contributed by atoms with Crippen LogP contribution in [0.25, 0.3) is 11.6 Å². The molecule has 3 rings (SSSR count). The van der Waals surface area contributed by atoms with E-state index in [0.717, 1.165) is 24.7 Å². The van der Waals surface area contributed by atoms with Gasteiger partial charge in [-0.2, -0.15) is 5.10 Å². The van der Waals surface area contributed by atoms with E-state index in [4.69, 9.17) is 0 Å². The van der Waals surface area contributed by atoms with Crippen molar-refractivity contribution in [2.75, 3.05) is 0 Å². The maximum Gasteiger partial charge on any atom is 0.176 e. The van der Waals surface area contributed by atoms with E-state index in [1.165, 1.54) is 0 Å². The molecule has 3 heterocycles. The third-order valence-electron chi connectivity index (χ3n) is 2.87. The molecule has 0 aliphatic carbocycles. The first-order valence-corrected chi connectivity index (χ1v) is 5.81. The lowest BCUT2D eigenvalue weighted by molar-refractivity contribution is 0.535. The van der Waals surface area contributed by atoms with Crippen molar-refractivity contribution in [3.8, 4) is 11.6 Å². The van der Waals surface area contributed by atoms with Crippen LogP contribution in [-0.2, 0) is 20.1 Å². The van der Waals surface area contributed by atoms with E-state index in [1.54, 1.807) is 18.6 Å². The quantitative estimate of drug-likeness (QED) is 0.690. The first-order chi connectivity index (χ1) is 8.84. The lowest BCUT2D eigenvalue weighted by Crippen LogP contribution is -2.09. The van der Waals surface area contributed by atoms with Crippen LogP contribution >= 0.6 is 0 Å². The lowest BCUT2D eigenvalue weighted by Gasteiger charge is -2.07. The minimum Gasteiger partial charge on any atom is -0.331 e. The largest absolute Gasteiger partial charge is 0.331 e. The molecule has 3 aromatic heterocycles. The van der Waals surface area contributed by atoms with Crippen molar-refractivity contribution < 1.29 is 0 Å². The molecule has 18 heavy (non-hydrogen) atoms. The fourth-order valence-corrected chi connectivity index (χ4v) is 1.92. The van der Waals surface area contributed by atoms with Gasteiger partial charge in [0.15, 0.2) is 11.6 Å². The van der Waals surface area contributed by atoms with E-state index in [0.29, 0.717) is 0 Å². The van der Waals surface area contributed by atoms with Gasteiger partial charge >= 0.3 is 0 Å². The Morgan fingerprint density at radius 3 is 2.50 bits per heavy atom. The molecular weight excluding hydrogens is 228 g/mol.